The van der Waals surface area contributed by atoms with Crippen molar-refractivity contribution >= 4 is 5.91 Å². The number of amides is 1. The zero-order chi connectivity index (χ0) is 19.4. The van der Waals surface area contributed by atoms with Crippen molar-refractivity contribution in [3.8, 4) is 11.5 Å². The summed E-state index contributed by atoms with van der Waals surface area (Å²) in [5, 5.41) is 3.21. The van der Waals surface area contributed by atoms with Gasteiger partial charge in [0.15, 0.2) is 11.5 Å². The van der Waals surface area contributed by atoms with E-state index in [4.69, 9.17) is 15.2 Å². The summed E-state index contributed by atoms with van der Waals surface area (Å²) in [7, 11) is 1.64. The van der Waals surface area contributed by atoms with Crippen LogP contribution in [0.3, 0.4) is 0 Å². The second kappa shape index (κ2) is 8.96. The summed E-state index contributed by atoms with van der Waals surface area (Å²) in [5.74, 6) is 2.74. The Kier molecular flexibility index (Phi) is 6.64. The number of hydrogen-bond acceptors (Lipinski definition) is 4. The monoisotopic (exact) mass is 374 g/mol. The lowest BCUT2D eigenvalue weighted by Gasteiger charge is -2.43. The molecule has 150 valence electrons. The smallest absolute Gasteiger partial charge is 0.223 e. The number of fused-ring (bicyclic) bond motifs is 2. The molecule has 2 bridgehead atoms. The lowest BCUT2D eigenvalue weighted by Crippen LogP contribution is -2.49. The number of rotatable bonds is 7. The van der Waals surface area contributed by atoms with Gasteiger partial charge >= 0.3 is 0 Å². The van der Waals surface area contributed by atoms with E-state index in [1.54, 1.807) is 7.11 Å². The standard InChI is InChI=1S/C22H34N2O3/c1-4-10-27-19-9-8-15(13-20(19)26-3)14(2)24-22(25)18-11-16-6-5-7-17(12-18)21(16)23/h8-9,13-14,16-18,21H,4-7,10-12,23H2,1-3H3,(H,24,25). The minimum atomic E-state index is -0.0675. The average molecular weight is 375 g/mol. The summed E-state index contributed by atoms with van der Waals surface area (Å²) in [6.45, 7) is 4.76. The molecule has 2 fully saturated rings. The molecule has 2 saturated carbocycles. The molecule has 1 amide bonds. The third kappa shape index (κ3) is 4.57. The fourth-order valence-corrected chi connectivity index (χ4v) is 4.70. The van der Waals surface area contributed by atoms with Crippen molar-refractivity contribution in [3.05, 3.63) is 23.8 Å². The molecule has 3 rings (SSSR count). The summed E-state index contributed by atoms with van der Waals surface area (Å²) in [4.78, 5) is 12.9. The molecule has 5 nitrogen and oxygen atoms in total. The molecule has 1 aromatic rings. The lowest BCUT2D eigenvalue weighted by molar-refractivity contribution is -0.128. The van der Waals surface area contributed by atoms with Crippen LogP contribution in [0.4, 0.5) is 0 Å². The van der Waals surface area contributed by atoms with Gasteiger partial charge in [0.2, 0.25) is 5.91 Å². The molecule has 5 heteroatoms. The second-order valence-corrected chi connectivity index (χ2v) is 8.19. The molecule has 0 aliphatic heterocycles. The van der Waals surface area contributed by atoms with E-state index in [1.807, 2.05) is 25.1 Å². The van der Waals surface area contributed by atoms with Gasteiger partial charge < -0.3 is 20.5 Å². The lowest BCUT2D eigenvalue weighted by atomic mass is 9.65. The Bertz CT molecular complexity index is 634. The van der Waals surface area contributed by atoms with E-state index >= 15 is 0 Å². The molecular formula is C22H34N2O3. The van der Waals surface area contributed by atoms with Gasteiger partial charge in [-0.05, 0) is 68.6 Å². The highest BCUT2D eigenvalue weighted by Crippen LogP contribution is 2.42. The Balaban J connectivity index is 1.62. The number of carbonyl (C=O) groups excluding carboxylic acids is 1. The number of ether oxygens (including phenoxy) is 2. The molecule has 0 heterocycles. The first-order valence-electron chi connectivity index (χ1n) is 10.4. The minimum Gasteiger partial charge on any atom is -0.493 e. The van der Waals surface area contributed by atoms with Gasteiger partial charge in [0.05, 0.1) is 19.8 Å². The quantitative estimate of drug-likeness (QED) is 0.761. The van der Waals surface area contributed by atoms with Crippen molar-refractivity contribution in [1.29, 1.82) is 0 Å². The van der Waals surface area contributed by atoms with Crippen molar-refractivity contribution < 1.29 is 14.3 Å². The fourth-order valence-electron chi connectivity index (χ4n) is 4.70. The average Bonchev–Trinajstić information content (AvgIpc) is 2.65. The van der Waals surface area contributed by atoms with Gasteiger partial charge in [0.1, 0.15) is 0 Å². The fraction of sp³-hybridized carbons (Fsp3) is 0.682. The van der Waals surface area contributed by atoms with Gasteiger partial charge in [-0.25, -0.2) is 0 Å². The zero-order valence-electron chi connectivity index (χ0n) is 16.9. The van der Waals surface area contributed by atoms with E-state index < -0.39 is 0 Å². The molecule has 2 aliphatic rings. The van der Waals surface area contributed by atoms with E-state index in [1.165, 1.54) is 19.3 Å². The van der Waals surface area contributed by atoms with Crippen LogP contribution in [0.5, 0.6) is 11.5 Å². The molecule has 0 radical (unpaired) electrons. The molecule has 2 aliphatic carbocycles. The number of benzene rings is 1. The topological polar surface area (TPSA) is 73.6 Å². The molecule has 3 N–H and O–H groups in total. The summed E-state index contributed by atoms with van der Waals surface area (Å²) in [5.41, 5.74) is 7.39. The number of carbonyl (C=O) groups is 1. The summed E-state index contributed by atoms with van der Waals surface area (Å²) in [6, 6.07) is 6.12. The third-order valence-electron chi connectivity index (χ3n) is 6.29. The van der Waals surface area contributed by atoms with Crippen molar-refractivity contribution in [3.63, 3.8) is 0 Å². The maximum atomic E-state index is 12.9. The molecule has 1 aromatic carbocycles. The molecule has 0 saturated heterocycles. The molecule has 3 unspecified atom stereocenters. The van der Waals surface area contributed by atoms with E-state index in [9.17, 15) is 4.79 Å². The molecule has 27 heavy (non-hydrogen) atoms. The first-order chi connectivity index (χ1) is 13.0. The van der Waals surface area contributed by atoms with Crippen LogP contribution in [-0.2, 0) is 4.79 Å². The van der Waals surface area contributed by atoms with E-state index in [-0.39, 0.29) is 17.9 Å². The molecular weight excluding hydrogens is 340 g/mol. The van der Waals surface area contributed by atoms with Crippen molar-refractivity contribution in [1.82, 2.24) is 5.32 Å². The van der Waals surface area contributed by atoms with Crippen LogP contribution in [0.2, 0.25) is 0 Å². The Morgan fingerprint density at radius 1 is 1.26 bits per heavy atom. The highest BCUT2D eigenvalue weighted by Gasteiger charge is 2.40. The Labute approximate surface area is 163 Å². The van der Waals surface area contributed by atoms with E-state index in [0.717, 1.165) is 30.6 Å². The van der Waals surface area contributed by atoms with Gasteiger partial charge in [0.25, 0.3) is 0 Å². The van der Waals surface area contributed by atoms with Crippen molar-refractivity contribution in [2.45, 2.75) is 64.5 Å². The van der Waals surface area contributed by atoms with Gasteiger partial charge in [-0.3, -0.25) is 4.79 Å². The van der Waals surface area contributed by atoms with Crippen LogP contribution in [0, 0.1) is 17.8 Å². The first kappa shape index (κ1) is 20.0. The highest BCUT2D eigenvalue weighted by atomic mass is 16.5. The van der Waals surface area contributed by atoms with E-state index in [2.05, 4.69) is 12.2 Å². The second-order valence-electron chi connectivity index (χ2n) is 8.19. The van der Waals surface area contributed by atoms with Crippen molar-refractivity contribution in [2.24, 2.45) is 23.5 Å². The number of nitrogens with two attached hydrogens (primary N) is 1. The first-order valence-corrected chi connectivity index (χ1v) is 10.4. The summed E-state index contributed by atoms with van der Waals surface area (Å²) < 4.78 is 11.2. The Morgan fingerprint density at radius 3 is 2.59 bits per heavy atom. The van der Waals surface area contributed by atoms with Crippen LogP contribution >= 0.6 is 0 Å². The third-order valence-corrected chi connectivity index (χ3v) is 6.29. The Morgan fingerprint density at radius 2 is 1.96 bits per heavy atom. The maximum absolute atomic E-state index is 12.9. The normalized spacial score (nSPS) is 28.3. The van der Waals surface area contributed by atoms with Gasteiger partial charge in [-0.1, -0.05) is 19.4 Å². The minimum absolute atomic E-state index is 0.0675. The van der Waals surface area contributed by atoms with Crippen molar-refractivity contribution in [2.75, 3.05) is 13.7 Å². The predicted molar refractivity (Wildman–Crippen MR) is 107 cm³/mol. The Hall–Kier alpha value is -1.75. The van der Waals surface area contributed by atoms with Crippen LogP contribution in [0.15, 0.2) is 18.2 Å². The number of methoxy groups -OCH3 is 1. The largest absolute Gasteiger partial charge is 0.493 e. The SMILES string of the molecule is CCCOc1ccc(C(C)NC(=O)C2CC3CCCC(C2)C3N)cc1OC. The van der Waals surface area contributed by atoms with Crippen LogP contribution in [0.1, 0.15) is 64.0 Å². The van der Waals surface area contributed by atoms with Gasteiger partial charge in [-0.2, -0.15) is 0 Å². The number of hydrogen-bond donors (Lipinski definition) is 2. The van der Waals surface area contributed by atoms with Gasteiger partial charge in [0, 0.05) is 12.0 Å². The number of nitrogens with one attached hydrogen (secondary N) is 1. The maximum Gasteiger partial charge on any atom is 0.223 e. The molecule has 3 atom stereocenters. The molecule has 0 spiro atoms. The predicted octanol–water partition coefficient (Wildman–Crippen LogP) is 3.81. The molecule has 0 aromatic heterocycles. The summed E-state index contributed by atoms with van der Waals surface area (Å²) in [6.07, 6.45) is 6.43. The van der Waals surface area contributed by atoms with Crippen LogP contribution < -0.4 is 20.5 Å². The zero-order valence-corrected chi connectivity index (χ0v) is 16.9. The van der Waals surface area contributed by atoms with Crippen LogP contribution in [0.25, 0.3) is 0 Å². The highest BCUT2D eigenvalue weighted by molar-refractivity contribution is 5.79. The van der Waals surface area contributed by atoms with Crippen LogP contribution in [-0.4, -0.2) is 25.7 Å². The van der Waals surface area contributed by atoms with E-state index in [0.29, 0.717) is 30.2 Å². The van der Waals surface area contributed by atoms with Gasteiger partial charge in [-0.15, -0.1) is 0 Å². The summed E-state index contributed by atoms with van der Waals surface area (Å²) >= 11 is 0.